The van der Waals surface area contributed by atoms with Gasteiger partial charge in [0, 0.05) is 44.8 Å². The highest BCUT2D eigenvalue weighted by molar-refractivity contribution is 6.32. The topological polar surface area (TPSA) is 75.6 Å². The first-order valence-corrected chi connectivity index (χ1v) is 7.55. The number of hydrogen-bond donors (Lipinski definition) is 1. The number of hydrogen-bond acceptors (Lipinski definition) is 5. The molecule has 2 N–H and O–H groups in total. The van der Waals surface area contributed by atoms with Gasteiger partial charge in [-0.05, 0) is 18.2 Å². The maximum atomic E-state index is 11.0. The number of nitro groups is 1. The monoisotopic (exact) mass is 312 g/mol. The molecule has 1 aromatic rings. The van der Waals surface area contributed by atoms with Gasteiger partial charge in [0.15, 0.2) is 0 Å². The lowest BCUT2D eigenvalue weighted by molar-refractivity contribution is -0.384. The minimum absolute atomic E-state index is 0.0000252. The van der Waals surface area contributed by atoms with E-state index in [4.69, 9.17) is 17.3 Å². The fraction of sp³-hybridized carbons (Fsp3) is 0.571. The van der Waals surface area contributed by atoms with Crippen molar-refractivity contribution in [1.82, 2.24) is 9.80 Å². The number of nitrogens with two attached hydrogens (primary N) is 1. The first-order valence-electron chi connectivity index (χ1n) is 7.17. The summed E-state index contributed by atoms with van der Waals surface area (Å²) in [7, 11) is 0. The zero-order valence-electron chi connectivity index (χ0n) is 12.2. The smallest absolute Gasteiger partial charge is 0.288 e. The Balaban J connectivity index is 2.18. The molecule has 1 aromatic carbocycles. The van der Waals surface area contributed by atoms with Gasteiger partial charge in [0.25, 0.3) is 5.69 Å². The maximum Gasteiger partial charge on any atom is 0.288 e. The first kappa shape index (κ1) is 16.2. The molecule has 0 saturated carbocycles. The molecule has 0 aliphatic carbocycles. The van der Waals surface area contributed by atoms with E-state index < -0.39 is 4.92 Å². The van der Waals surface area contributed by atoms with Crippen LogP contribution in [0.5, 0.6) is 0 Å². The Morgan fingerprint density at radius 1 is 1.38 bits per heavy atom. The third-order valence-electron chi connectivity index (χ3n) is 4.07. The summed E-state index contributed by atoms with van der Waals surface area (Å²) in [5.41, 5.74) is 6.71. The summed E-state index contributed by atoms with van der Waals surface area (Å²) in [6, 6.07) is 4.96. The number of nitro benzene ring substituents is 1. The number of likely N-dealkylation sites (N-methyl/N-ethyl adjacent to an activating group) is 1. The summed E-state index contributed by atoms with van der Waals surface area (Å²) in [5.74, 6) is 0. The van der Waals surface area contributed by atoms with Gasteiger partial charge in [-0.3, -0.25) is 15.0 Å². The second kappa shape index (κ2) is 7.17. The molecule has 1 saturated heterocycles. The number of halogens is 1. The summed E-state index contributed by atoms with van der Waals surface area (Å²) in [6.07, 6.45) is 0. The van der Waals surface area contributed by atoms with E-state index in [2.05, 4.69) is 16.7 Å². The van der Waals surface area contributed by atoms with Crippen LogP contribution in [0.15, 0.2) is 18.2 Å². The van der Waals surface area contributed by atoms with Crippen molar-refractivity contribution >= 4 is 17.3 Å². The average molecular weight is 313 g/mol. The first-order chi connectivity index (χ1) is 10.1. The van der Waals surface area contributed by atoms with Crippen molar-refractivity contribution in [1.29, 1.82) is 0 Å². The summed E-state index contributed by atoms with van der Waals surface area (Å²) in [4.78, 5) is 15.2. The number of piperazine rings is 1. The van der Waals surface area contributed by atoms with E-state index >= 15 is 0 Å². The van der Waals surface area contributed by atoms with Crippen molar-refractivity contribution in [2.75, 3.05) is 39.3 Å². The van der Waals surface area contributed by atoms with Crippen LogP contribution in [0.1, 0.15) is 18.5 Å². The molecule has 6 nitrogen and oxygen atoms in total. The Morgan fingerprint density at radius 2 is 2.05 bits per heavy atom. The van der Waals surface area contributed by atoms with E-state index in [9.17, 15) is 10.1 Å². The molecule has 0 bridgehead atoms. The molecule has 1 heterocycles. The molecular weight excluding hydrogens is 292 g/mol. The van der Waals surface area contributed by atoms with Gasteiger partial charge >= 0.3 is 0 Å². The van der Waals surface area contributed by atoms with Crippen molar-refractivity contribution in [3.63, 3.8) is 0 Å². The number of rotatable bonds is 5. The van der Waals surface area contributed by atoms with Crippen molar-refractivity contribution in [2.45, 2.75) is 13.0 Å². The second-order valence-corrected chi connectivity index (χ2v) is 5.60. The third-order valence-corrected chi connectivity index (χ3v) is 4.39. The Bertz CT molecular complexity index is 504. The largest absolute Gasteiger partial charge is 0.329 e. The number of nitrogens with zero attached hydrogens (tertiary/aromatic N) is 3. The highest BCUT2D eigenvalue weighted by Crippen LogP contribution is 2.30. The molecule has 0 radical (unpaired) electrons. The van der Waals surface area contributed by atoms with Crippen LogP contribution >= 0.6 is 11.6 Å². The van der Waals surface area contributed by atoms with Crippen LogP contribution in [-0.2, 0) is 0 Å². The summed E-state index contributed by atoms with van der Waals surface area (Å²) in [6.45, 7) is 7.49. The van der Waals surface area contributed by atoms with E-state index in [1.54, 1.807) is 12.1 Å². The van der Waals surface area contributed by atoms with Gasteiger partial charge in [0.05, 0.1) is 4.92 Å². The summed E-state index contributed by atoms with van der Waals surface area (Å²) < 4.78 is 0. The molecule has 116 valence electrons. The van der Waals surface area contributed by atoms with Gasteiger partial charge in [-0.2, -0.15) is 0 Å². The molecule has 0 spiro atoms. The van der Waals surface area contributed by atoms with E-state index in [0.29, 0.717) is 6.54 Å². The highest BCUT2D eigenvalue weighted by atomic mass is 35.5. The van der Waals surface area contributed by atoms with Crippen LogP contribution in [0.3, 0.4) is 0 Å². The van der Waals surface area contributed by atoms with Crippen LogP contribution in [0.2, 0.25) is 5.02 Å². The lowest BCUT2D eigenvalue weighted by Gasteiger charge is -2.38. The maximum absolute atomic E-state index is 11.0. The lowest BCUT2D eigenvalue weighted by atomic mass is 10.0. The molecule has 7 heteroatoms. The van der Waals surface area contributed by atoms with Gasteiger partial charge in [-0.1, -0.05) is 24.6 Å². The molecule has 0 amide bonds. The van der Waals surface area contributed by atoms with Crippen LogP contribution in [0.4, 0.5) is 5.69 Å². The van der Waals surface area contributed by atoms with Gasteiger partial charge < -0.3 is 10.6 Å². The van der Waals surface area contributed by atoms with Crippen LogP contribution in [0, 0.1) is 10.1 Å². The minimum atomic E-state index is -0.450. The van der Waals surface area contributed by atoms with Gasteiger partial charge in [0.2, 0.25) is 0 Å². The molecular formula is C14H21ClN4O2. The second-order valence-electron chi connectivity index (χ2n) is 5.19. The van der Waals surface area contributed by atoms with Crippen LogP contribution in [0.25, 0.3) is 0 Å². The predicted molar refractivity (Wildman–Crippen MR) is 83.6 cm³/mol. The fourth-order valence-electron chi connectivity index (χ4n) is 2.76. The van der Waals surface area contributed by atoms with Gasteiger partial charge in [-0.15, -0.1) is 0 Å². The zero-order chi connectivity index (χ0) is 15.4. The van der Waals surface area contributed by atoms with Crippen molar-refractivity contribution in [2.24, 2.45) is 5.73 Å². The molecule has 1 atom stereocenters. The normalized spacial score (nSPS) is 18.6. The molecule has 0 aromatic heterocycles. The predicted octanol–water partition coefficient (Wildman–Crippen LogP) is 1.89. The molecule has 2 rings (SSSR count). The van der Waals surface area contributed by atoms with E-state index in [1.807, 2.05) is 6.07 Å². The van der Waals surface area contributed by atoms with Crippen LogP contribution < -0.4 is 5.73 Å². The molecule has 1 fully saturated rings. The molecule has 21 heavy (non-hydrogen) atoms. The van der Waals surface area contributed by atoms with Crippen molar-refractivity contribution in [3.05, 3.63) is 38.9 Å². The summed E-state index contributed by atoms with van der Waals surface area (Å²) >= 11 is 5.87. The minimum Gasteiger partial charge on any atom is -0.329 e. The molecule has 1 unspecified atom stereocenters. The standard InChI is InChI=1S/C14H21ClN4O2/c1-2-17-5-7-18(8-6-17)14(10-16)11-3-4-12(15)13(9-11)19(20)21/h3-4,9,14H,2,5-8,10,16H2,1H3. The van der Waals surface area contributed by atoms with Gasteiger partial charge in [-0.25, -0.2) is 0 Å². The zero-order valence-corrected chi connectivity index (χ0v) is 12.9. The summed E-state index contributed by atoms with van der Waals surface area (Å²) in [5, 5.41) is 11.2. The average Bonchev–Trinajstić information content (AvgIpc) is 2.50. The Hall–Kier alpha value is -1.21. The fourth-order valence-corrected chi connectivity index (χ4v) is 2.95. The van der Waals surface area contributed by atoms with Gasteiger partial charge in [0.1, 0.15) is 5.02 Å². The highest BCUT2D eigenvalue weighted by Gasteiger charge is 2.25. The Labute approximate surface area is 129 Å². The van der Waals surface area contributed by atoms with Crippen LogP contribution in [-0.4, -0.2) is 54.0 Å². The quantitative estimate of drug-likeness (QED) is 0.663. The van der Waals surface area contributed by atoms with E-state index in [1.165, 1.54) is 0 Å². The lowest BCUT2D eigenvalue weighted by Crippen LogP contribution is -2.48. The van der Waals surface area contributed by atoms with E-state index in [-0.39, 0.29) is 16.8 Å². The third kappa shape index (κ3) is 3.71. The Kier molecular flexibility index (Phi) is 5.52. The van der Waals surface area contributed by atoms with Crippen molar-refractivity contribution < 1.29 is 4.92 Å². The van der Waals surface area contributed by atoms with E-state index in [0.717, 1.165) is 38.3 Å². The Morgan fingerprint density at radius 3 is 2.57 bits per heavy atom. The molecule has 1 aliphatic heterocycles. The SMILES string of the molecule is CCN1CCN(C(CN)c2ccc(Cl)c([N+](=O)[O-])c2)CC1. The molecule has 1 aliphatic rings. The van der Waals surface area contributed by atoms with Crippen molar-refractivity contribution in [3.8, 4) is 0 Å². The number of benzene rings is 1.